The van der Waals surface area contributed by atoms with E-state index >= 15 is 0 Å². The third-order valence-corrected chi connectivity index (χ3v) is 2.30. The summed E-state index contributed by atoms with van der Waals surface area (Å²) in [4.78, 5) is 0. The van der Waals surface area contributed by atoms with Gasteiger partial charge >= 0.3 is 0 Å². The summed E-state index contributed by atoms with van der Waals surface area (Å²) in [5.74, 6) is 0. The second-order valence-electron chi connectivity index (χ2n) is 4.92. The summed E-state index contributed by atoms with van der Waals surface area (Å²) in [6, 6.07) is 8.57. The zero-order chi connectivity index (χ0) is 10.2. The van der Waals surface area contributed by atoms with Gasteiger partial charge in [-0.1, -0.05) is 24.3 Å². The third kappa shape index (κ3) is 1.98. The van der Waals surface area contributed by atoms with E-state index in [0.29, 0.717) is 0 Å². The third-order valence-electron chi connectivity index (χ3n) is 2.30. The molecule has 0 saturated heterocycles. The molecule has 1 heteroatoms. The van der Waals surface area contributed by atoms with E-state index in [4.69, 9.17) is 0 Å². The van der Waals surface area contributed by atoms with Gasteiger partial charge in [0.05, 0.1) is 0 Å². The van der Waals surface area contributed by atoms with Crippen molar-refractivity contribution in [2.45, 2.75) is 32.7 Å². The molecule has 0 aliphatic heterocycles. The van der Waals surface area contributed by atoms with Crippen molar-refractivity contribution in [1.82, 2.24) is 5.32 Å². The smallest absolute Gasteiger partial charge is 0.0286 e. The van der Waals surface area contributed by atoms with Crippen molar-refractivity contribution in [3.05, 3.63) is 41.1 Å². The molecule has 2 rings (SSSR count). The molecule has 0 atom stereocenters. The lowest BCUT2D eigenvalue weighted by atomic mass is 10.1. The van der Waals surface area contributed by atoms with Gasteiger partial charge in [-0.15, -0.1) is 0 Å². The summed E-state index contributed by atoms with van der Waals surface area (Å²) in [5.41, 5.74) is 4.28. The molecule has 1 aliphatic carbocycles. The molecule has 0 aromatic heterocycles. The Morgan fingerprint density at radius 3 is 2.50 bits per heavy atom. The Labute approximate surface area is 85.8 Å². The number of nitrogens with one attached hydrogen (secondary N) is 1. The lowest BCUT2D eigenvalue weighted by molar-refractivity contribution is 0.471. The van der Waals surface area contributed by atoms with Crippen molar-refractivity contribution >= 4 is 6.08 Å². The molecule has 74 valence electrons. The van der Waals surface area contributed by atoms with Crippen LogP contribution in [0.1, 0.15) is 31.9 Å². The highest BCUT2D eigenvalue weighted by Crippen LogP contribution is 2.24. The Morgan fingerprint density at radius 2 is 1.86 bits per heavy atom. The van der Waals surface area contributed by atoms with Crippen LogP contribution in [0, 0.1) is 0 Å². The van der Waals surface area contributed by atoms with E-state index in [1.54, 1.807) is 0 Å². The molecular weight excluding hydrogens is 170 g/mol. The fourth-order valence-corrected chi connectivity index (χ4v) is 1.84. The number of fused-ring (bicyclic) bond motifs is 1. The first-order valence-electron chi connectivity index (χ1n) is 5.11. The van der Waals surface area contributed by atoms with Gasteiger partial charge in [0, 0.05) is 17.7 Å². The molecule has 0 bridgehead atoms. The Hall–Kier alpha value is -1.24. The van der Waals surface area contributed by atoms with Crippen molar-refractivity contribution in [3.63, 3.8) is 0 Å². The van der Waals surface area contributed by atoms with Gasteiger partial charge < -0.3 is 5.32 Å². The van der Waals surface area contributed by atoms with E-state index in [1.807, 2.05) is 0 Å². The number of hydrogen-bond donors (Lipinski definition) is 1. The van der Waals surface area contributed by atoms with E-state index in [2.05, 4.69) is 56.4 Å². The van der Waals surface area contributed by atoms with Crippen molar-refractivity contribution in [3.8, 4) is 0 Å². The zero-order valence-corrected chi connectivity index (χ0v) is 9.09. The minimum Gasteiger partial charge on any atom is -0.383 e. The van der Waals surface area contributed by atoms with Crippen LogP contribution in [0.2, 0.25) is 0 Å². The molecule has 1 N–H and O–H groups in total. The van der Waals surface area contributed by atoms with Crippen molar-refractivity contribution < 1.29 is 0 Å². The van der Waals surface area contributed by atoms with E-state index in [-0.39, 0.29) is 5.54 Å². The largest absolute Gasteiger partial charge is 0.383 e. The predicted octanol–water partition coefficient (Wildman–Crippen LogP) is 2.97. The first-order chi connectivity index (χ1) is 6.54. The number of benzene rings is 1. The van der Waals surface area contributed by atoms with Gasteiger partial charge in [-0.3, -0.25) is 0 Å². The predicted molar refractivity (Wildman–Crippen MR) is 61.0 cm³/mol. The summed E-state index contributed by atoms with van der Waals surface area (Å²) in [5, 5.41) is 3.53. The molecule has 0 spiro atoms. The summed E-state index contributed by atoms with van der Waals surface area (Å²) >= 11 is 0. The van der Waals surface area contributed by atoms with Crippen molar-refractivity contribution in [2.24, 2.45) is 0 Å². The second kappa shape index (κ2) is 3.16. The van der Waals surface area contributed by atoms with Gasteiger partial charge in [0.15, 0.2) is 0 Å². The maximum atomic E-state index is 3.53. The van der Waals surface area contributed by atoms with Crippen LogP contribution >= 0.6 is 0 Å². The summed E-state index contributed by atoms with van der Waals surface area (Å²) in [6.45, 7) is 6.57. The molecule has 14 heavy (non-hydrogen) atoms. The molecule has 0 saturated carbocycles. The van der Waals surface area contributed by atoms with Gasteiger partial charge in [-0.25, -0.2) is 0 Å². The van der Waals surface area contributed by atoms with Crippen LogP contribution in [-0.4, -0.2) is 5.54 Å². The standard InChI is InChI=1S/C13H17N/c1-13(2,3)14-12-8-10-6-4-5-7-11(10)9-12/h4-8,14H,9H2,1-3H3. The van der Waals surface area contributed by atoms with Gasteiger partial charge in [-0.2, -0.15) is 0 Å². The molecule has 0 fully saturated rings. The maximum absolute atomic E-state index is 3.53. The topological polar surface area (TPSA) is 12.0 Å². The zero-order valence-electron chi connectivity index (χ0n) is 9.09. The lowest BCUT2D eigenvalue weighted by Gasteiger charge is -2.22. The molecule has 0 heterocycles. The molecule has 0 unspecified atom stereocenters. The average Bonchev–Trinajstić information content (AvgIpc) is 2.42. The molecular formula is C13H17N. The van der Waals surface area contributed by atoms with E-state index < -0.39 is 0 Å². The first-order valence-corrected chi connectivity index (χ1v) is 5.11. The second-order valence-corrected chi connectivity index (χ2v) is 4.92. The van der Waals surface area contributed by atoms with Crippen LogP contribution in [0.25, 0.3) is 6.08 Å². The molecule has 1 aromatic carbocycles. The van der Waals surface area contributed by atoms with Crippen molar-refractivity contribution in [2.75, 3.05) is 0 Å². The number of hydrogen-bond acceptors (Lipinski definition) is 1. The molecule has 1 nitrogen and oxygen atoms in total. The Bertz CT molecular complexity index is 369. The molecule has 1 aliphatic rings. The minimum absolute atomic E-state index is 0.161. The van der Waals surface area contributed by atoms with Crippen molar-refractivity contribution in [1.29, 1.82) is 0 Å². The number of allylic oxidation sites excluding steroid dienone is 1. The summed E-state index contributed by atoms with van der Waals surface area (Å²) < 4.78 is 0. The van der Waals surface area contributed by atoms with Crippen LogP contribution in [0.4, 0.5) is 0 Å². The SMILES string of the molecule is CC(C)(C)NC1=Cc2ccccc2C1. The molecule has 0 amide bonds. The minimum atomic E-state index is 0.161. The average molecular weight is 187 g/mol. The van der Waals surface area contributed by atoms with Crippen LogP contribution in [0.15, 0.2) is 30.0 Å². The van der Waals surface area contributed by atoms with E-state index in [9.17, 15) is 0 Å². The monoisotopic (exact) mass is 187 g/mol. The van der Waals surface area contributed by atoms with Crippen LogP contribution < -0.4 is 5.32 Å². The van der Waals surface area contributed by atoms with E-state index in [0.717, 1.165) is 6.42 Å². The van der Waals surface area contributed by atoms with E-state index in [1.165, 1.54) is 16.8 Å². The van der Waals surface area contributed by atoms with Gasteiger partial charge in [0.1, 0.15) is 0 Å². The van der Waals surface area contributed by atoms with Crippen LogP contribution in [-0.2, 0) is 6.42 Å². The Kier molecular flexibility index (Phi) is 2.10. The summed E-state index contributed by atoms with van der Waals surface area (Å²) in [6.07, 6.45) is 3.30. The fraction of sp³-hybridized carbons (Fsp3) is 0.385. The number of rotatable bonds is 1. The highest BCUT2D eigenvalue weighted by atomic mass is 15.0. The quantitative estimate of drug-likeness (QED) is 0.712. The Balaban J connectivity index is 2.16. The van der Waals surface area contributed by atoms with Gasteiger partial charge in [0.25, 0.3) is 0 Å². The fourth-order valence-electron chi connectivity index (χ4n) is 1.84. The Morgan fingerprint density at radius 1 is 1.14 bits per heavy atom. The molecule has 0 radical (unpaired) electrons. The van der Waals surface area contributed by atoms with Gasteiger partial charge in [0.2, 0.25) is 0 Å². The van der Waals surface area contributed by atoms with Crippen LogP contribution in [0.5, 0.6) is 0 Å². The highest BCUT2D eigenvalue weighted by Gasteiger charge is 2.16. The highest BCUT2D eigenvalue weighted by molar-refractivity contribution is 5.63. The lowest BCUT2D eigenvalue weighted by Crippen LogP contribution is -2.34. The first kappa shape index (κ1) is 9.32. The maximum Gasteiger partial charge on any atom is 0.0286 e. The summed E-state index contributed by atoms with van der Waals surface area (Å²) in [7, 11) is 0. The normalized spacial score (nSPS) is 14.9. The molecule has 1 aromatic rings. The van der Waals surface area contributed by atoms with Crippen LogP contribution in [0.3, 0.4) is 0 Å². The van der Waals surface area contributed by atoms with Gasteiger partial charge in [-0.05, 0) is 38.0 Å².